The molecule has 0 amide bonds. The molecule has 0 spiro atoms. The zero-order valence-corrected chi connectivity index (χ0v) is 9.86. The Morgan fingerprint density at radius 2 is 2.24 bits per heavy atom. The van der Waals surface area contributed by atoms with E-state index in [0.717, 1.165) is 5.56 Å². The molecule has 4 heteroatoms. The van der Waals surface area contributed by atoms with E-state index in [1.807, 2.05) is 6.92 Å². The first-order valence-corrected chi connectivity index (χ1v) is 5.53. The standard InChI is InChI=1S/C13H14O4/c1-8-7-10(9(2)14)3-4-11(8)17-12-5-6-16-13(12)15/h3-4,7,12H,5-6H2,1-2H3. The summed E-state index contributed by atoms with van der Waals surface area (Å²) in [5.74, 6) is 0.318. The number of ether oxygens (including phenoxy) is 2. The Bertz CT molecular complexity index is 464. The zero-order valence-electron chi connectivity index (χ0n) is 9.86. The van der Waals surface area contributed by atoms with Gasteiger partial charge in [-0.25, -0.2) is 4.79 Å². The van der Waals surface area contributed by atoms with Crippen molar-refractivity contribution < 1.29 is 19.1 Å². The maximum absolute atomic E-state index is 11.3. The van der Waals surface area contributed by atoms with Crippen LogP contribution in [0.2, 0.25) is 0 Å². The van der Waals surface area contributed by atoms with Crippen molar-refractivity contribution in [3.8, 4) is 5.75 Å². The predicted octanol–water partition coefficient (Wildman–Crippen LogP) is 1.89. The number of ketones is 1. The van der Waals surface area contributed by atoms with Gasteiger partial charge in [0.1, 0.15) is 5.75 Å². The van der Waals surface area contributed by atoms with Gasteiger partial charge >= 0.3 is 5.97 Å². The average Bonchev–Trinajstić information content (AvgIpc) is 2.67. The number of benzene rings is 1. The molecule has 0 saturated carbocycles. The Hall–Kier alpha value is -1.84. The zero-order chi connectivity index (χ0) is 12.4. The molecule has 1 fully saturated rings. The smallest absolute Gasteiger partial charge is 0.347 e. The third-order valence-electron chi connectivity index (χ3n) is 2.74. The topological polar surface area (TPSA) is 52.6 Å². The molecular weight excluding hydrogens is 220 g/mol. The predicted molar refractivity (Wildman–Crippen MR) is 61.2 cm³/mol. The molecule has 0 N–H and O–H groups in total. The quantitative estimate of drug-likeness (QED) is 0.592. The third-order valence-corrected chi connectivity index (χ3v) is 2.74. The number of carbonyl (C=O) groups excluding carboxylic acids is 2. The van der Waals surface area contributed by atoms with Crippen LogP contribution in [0.3, 0.4) is 0 Å². The summed E-state index contributed by atoms with van der Waals surface area (Å²) in [5, 5.41) is 0. The summed E-state index contributed by atoms with van der Waals surface area (Å²) in [6.07, 6.45) is 0.0593. The fourth-order valence-corrected chi connectivity index (χ4v) is 1.74. The van der Waals surface area contributed by atoms with Gasteiger partial charge in [-0.2, -0.15) is 0 Å². The number of hydrogen-bond acceptors (Lipinski definition) is 4. The van der Waals surface area contributed by atoms with Crippen LogP contribution in [0.1, 0.15) is 29.3 Å². The van der Waals surface area contributed by atoms with Crippen LogP contribution in [0.15, 0.2) is 18.2 Å². The minimum Gasteiger partial charge on any atom is -0.478 e. The largest absolute Gasteiger partial charge is 0.478 e. The van der Waals surface area contributed by atoms with Crippen molar-refractivity contribution in [2.45, 2.75) is 26.4 Å². The van der Waals surface area contributed by atoms with E-state index in [4.69, 9.17) is 9.47 Å². The minimum absolute atomic E-state index is 0.0138. The second-order valence-corrected chi connectivity index (χ2v) is 4.10. The highest BCUT2D eigenvalue weighted by Crippen LogP contribution is 2.23. The molecule has 1 saturated heterocycles. The van der Waals surface area contributed by atoms with E-state index in [1.54, 1.807) is 18.2 Å². The molecule has 0 aromatic heterocycles. The normalized spacial score (nSPS) is 18.9. The maximum Gasteiger partial charge on any atom is 0.347 e. The molecular formula is C13H14O4. The van der Waals surface area contributed by atoms with Crippen molar-refractivity contribution in [1.82, 2.24) is 0 Å². The van der Waals surface area contributed by atoms with Crippen molar-refractivity contribution >= 4 is 11.8 Å². The molecule has 1 heterocycles. The first-order valence-electron chi connectivity index (χ1n) is 5.53. The molecule has 1 unspecified atom stereocenters. The number of rotatable bonds is 3. The molecule has 2 rings (SSSR count). The van der Waals surface area contributed by atoms with Crippen LogP contribution in [0.25, 0.3) is 0 Å². The SMILES string of the molecule is CC(=O)c1ccc(OC2CCOC2=O)c(C)c1. The van der Waals surface area contributed by atoms with Gasteiger partial charge in [0.05, 0.1) is 6.61 Å². The number of Topliss-reactive ketones (excluding diaryl/α,β-unsaturated/α-hetero) is 1. The van der Waals surface area contributed by atoms with Gasteiger partial charge in [-0.1, -0.05) is 0 Å². The lowest BCUT2D eigenvalue weighted by Gasteiger charge is -2.12. The third kappa shape index (κ3) is 2.46. The summed E-state index contributed by atoms with van der Waals surface area (Å²) < 4.78 is 10.4. The lowest BCUT2D eigenvalue weighted by molar-refractivity contribution is -0.143. The number of cyclic esters (lactones) is 1. The van der Waals surface area contributed by atoms with E-state index >= 15 is 0 Å². The number of hydrogen-bond donors (Lipinski definition) is 0. The fraction of sp³-hybridized carbons (Fsp3) is 0.385. The van der Waals surface area contributed by atoms with Crippen molar-refractivity contribution in [2.75, 3.05) is 6.61 Å². The summed E-state index contributed by atoms with van der Waals surface area (Å²) >= 11 is 0. The Morgan fingerprint density at radius 1 is 1.47 bits per heavy atom. The second kappa shape index (κ2) is 4.57. The molecule has 1 aromatic rings. The number of carbonyl (C=O) groups is 2. The van der Waals surface area contributed by atoms with Crippen LogP contribution >= 0.6 is 0 Å². The van der Waals surface area contributed by atoms with Gasteiger partial charge in [0, 0.05) is 12.0 Å². The average molecular weight is 234 g/mol. The summed E-state index contributed by atoms with van der Waals surface area (Å²) in [7, 11) is 0. The Morgan fingerprint density at radius 3 is 2.76 bits per heavy atom. The van der Waals surface area contributed by atoms with Gasteiger partial charge in [-0.05, 0) is 37.6 Å². The molecule has 17 heavy (non-hydrogen) atoms. The Balaban J connectivity index is 2.16. The van der Waals surface area contributed by atoms with Gasteiger partial charge in [-0.3, -0.25) is 4.79 Å². The number of esters is 1. The van der Waals surface area contributed by atoms with Crippen molar-refractivity contribution in [3.63, 3.8) is 0 Å². The summed E-state index contributed by atoms with van der Waals surface area (Å²) in [6.45, 7) is 3.78. The molecule has 1 aliphatic heterocycles. The van der Waals surface area contributed by atoms with Crippen molar-refractivity contribution in [3.05, 3.63) is 29.3 Å². The minimum atomic E-state index is -0.517. The van der Waals surface area contributed by atoms with E-state index < -0.39 is 6.10 Å². The van der Waals surface area contributed by atoms with Gasteiger partial charge < -0.3 is 9.47 Å². The van der Waals surface area contributed by atoms with Crippen molar-refractivity contribution in [2.24, 2.45) is 0 Å². The van der Waals surface area contributed by atoms with E-state index in [9.17, 15) is 9.59 Å². The molecule has 0 radical (unpaired) electrons. The first-order chi connectivity index (χ1) is 8.08. The van der Waals surface area contributed by atoms with E-state index in [0.29, 0.717) is 24.3 Å². The number of aryl methyl sites for hydroxylation is 1. The molecule has 0 bridgehead atoms. The molecule has 1 atom stereocenters. The van der Waals surface area contributed by atoms with Gasteiger partial charge in [0.2, 0.25) is 0 Å². The van der Waals surface area contributed by atoms with Crippen LogP contribution in [0.5, 0.6) is 5.75 Å². The summed E-state index contributed by atoms with van der Waals surface area (Å²) in [5.41, 5.74) is 1.49. The Labute approximate surface area is 99.5 Å². The molecule has 90 valence electrons. The maximum atomic E-state index is 11.3. The highest BCUT2D eigenvalue weighted by molar-refractivity contribution is 5.94. The summed E-state index contributed by atoms with van der Waals surface area (Å²) in [4.78, 5) is 22.5. The van der Waals surface area contributed by atoms with Crippen LogP contribution in [0.4, 0.5) is 0 Å². The van der Waals surface area contributed by atoms with Gasteiger partial charge in [-0.15, -0.1) is 0 Å². The van der Waals surface area contributed by atoms with E-state index in [1.165, 1.54) is 6.92 Å². The monoisotopic (exact) mass is 234 g/mol. The van der Waals surface area contributed by atoms with Crippen LogP contribution in [-0.4, -0.2) is 24.5 Å². The van der Waals surface area contributed by atoms with Gasteiger partial charge in [0.15, 0.2) is 11.9 Å². The lowest BCUT2D eigenvalue weighted by atomic mass is 10.1. The summed E-state index contributed by atoms with van der Waals surface area (Å²) in [6, 6.07) is 5.18. The highest BCUT2D eigenvalue weighted by Gasteiger charge is 2.28. The fourth-order valence-electron chi connectivity index (χ4n) is 1.74. The van der Waals surface area contributed by atoms with Crippen molar-refractivity contribution in [1.29, 1.82) is 0 Å². The second-order valence-electron chi connectivity index (χ2n) is 4.10. The molecule has 1 aliphatic rings. The lowest BCUT2D eigenvalue weighted by Crippen LogP contribution is -2.22. The Kier molecular flexibility index (Phi) is 3.13. The van der Waals surface area contributed by atoms with Crippen LogP contribution in [-0.2, 0) is 9.53 Å². The van der Waals surface area contributed by atoms with Gasteiger partial charge in [0.25, 0.3) is 0 Å². The molecule has 1 aromatic carbocycles. The molecule has 4 nitrogen and oxygen atoms in total. The first kappa shape index (κ1) is 11.6. The highest BCUT2D eigenvalue weighted by atomic mass is 16.6. The van der Waals surface area contributed by atoms with E-state index in [-0.39, 0.29) is 11.8 Å². The van der Waals surface area contributed by atoms with E-state index in [2.05, 4.69) is 0 Å². The van der Waals surface area contributed by atoms with Crippen LogP contribution in [0, 0.1) is 6.92 Å². The molecule has 0 aliphatic carbocycles. The van der Waals surface area contributed by atoms with Crippen LogP contribution < -0.4 is 4.74 Å².